The lowest BCUT2D eigenvalue weighted by atomic mass is 10.2. The number of alkyl halides is 3. The van der Waals surface area contributed by atoms with Crippen LogP contribution in [-0.4, -0.2) is 21.6 Å². The van der Waals surface area contributed by atoms with Gasteiger partial charge in [-0.15, -0.1) is 11.3 Å². The summed E-state index contributed by atoms with van der Waals surface area (Å²) in [5.41, 5.74) is 0.759. The van der Waals surface area contributed by atoms with E-state index in [9.17, 15) is 18.0 Å². The molecular weight excluding hydrogens is 475 g/mol. The predicted molar refractivity (Wildman–Crippen MR) is 109 cm³/mol. The SMILES string of the molecule is Cc1ccc(NC(=O)CSc2nc(-c3cccs3)cc(C(F)(F)F)n2)c(Br)c1. The monoisotopic (exact) mass is 487 g/mol. The summed E-state index contributed by atoms with van der Waals surface area (Å²) in [5, 5.41) is 4.37. The maximum atomic E-state index is 13.2. The maximum absolute atomic E-state index is 13.2. The summed E-state index contributed by atoms with van der Waals surface area (Å²) in [6.45, 7) is 1.92. The lowest BCUT2D eigenvalue weighted by Gasteiger charge is -2.10. The van der Waals surface area contributed by atoms with Crippen LogP contribution in [0.2, 0.25) is 0 Å². The Balaban J connectivity index is 1.76. The Hall–Kier alpha value is -1.91. The van der Waals surface area contributed by atoms with Crippen LogP contribution in [0.5, 0.6) is 0 Å². The number of aromatic nitrogens is 2. The number of aryl methyl sites for hydroxylation is 1. The van der Waals surface area contributed by atoms with Crippen molar-refractivity contribution >= 4 is 50.6 Å². The standard InChI is InChI=1S/C18H13BrF3N3OS2/c1-10-4-5-12(11(19)7-10)23-16(26)9-28-17-24-13(14-3-2-6-27-14)8-15(25-17)18(20,21)22/h2-8H,9H2,1H3,(H,23,26). The number of nitrogens with one attached hydrogen (secondary N) is 1. The van der Waals surface area contributed by atoms with Gasteiger partial charge in [-0.2, -0.15) is 13.2 Å². The second-order valence-electron chi connectivity index (χ2n) is 5.72. The van der Waals surface area contributed by atoms with Gasteiger partial charge in [0.05, 0.1) is 22.0 Å². The molecule has 0 radical (unpaired) electrons. The summed E-state index contributed by atoms with van der Waals surface area (Å²) < 4.78 is 40.2. The van der Waals surface area contributed by atoms with Gasteiger partial charge in [-0.3, -0.25) is 4.79 Å². The first-order valence-electron chi connectivity index (χ1n) is 7.91. The van der Waals surface area contributed by atoms with Crippen molar-refractivity contribution < 1.29 is 18.0 Å². The minimum Gasteiger partial charge on any atom is -0.324 e. The summed E-state index contributed by atoms with van der Waals surface area (Å²) in [7, 11) is 0. The Kier molecular flexibility index (Phi) is 6.41. The molecule has 4 nitrogen and oxygen atoms in total. The smallest absolute Gasteiger partial charge is 0.324 e. The zero-order valence-corrected chi connectivity index (χ0v) is 17.6. The molecular formula is C18H13BrF3N3OS2. The molecule has 0 atom stereocenters. The molecule has 146 valence electrons. The van der Waals surface area contributed by atoms with Gasteiger partial charge in [0, 0.05) is 4.47 Å². The highest BCUT2D eigenvalue weighted by molar-refractivity contribution is 9.10. The quantitative estimate of drug-likeness (QED) is 0.352. The third kappa shape index (κ3) is 5.33. The van der Waals surface area contributed by atoms with Crippen LogP contribution in [-0.2, 0) is 11.0 Å². The van der Waals surface area contributed by atoms with Crippen LogP contribution in [0.1, 0.15) is 11.3 Å². The van der Waals surface area contributed by atoms with Gasteiger partial charge in [0.2, 0.25) is 5.91 Å². The fourth-order valence-corrected chi connectivity index (χ4v) is 4.16. The number of amides is 1. The second-order valence-corrected chi connectivity index (χ2v) is 8.46. The largest absolute Gasteiger partial charge is 0.433 e. The number of halogens is 4. The van der Waals surface area contributed by atoms with Gasteiger partial charge in [0.15, 0.2) is 5.16 Å². The Bertz CT molecular complexity index is 994. The average Bonchev–Trinajstić information content (AvgIpc) is 3.16. The van der Waals surface area contributed by atoms with Crippen LogP contribution in [0, 0.1) is 6.92 Å². The molecule has 0 bridgehead atoms. The molecule has 1 N–H and O–H groups in total. The summed E-state index contributed by atoms with van der Waals surface area (Å²) in [5.74, 6) is -0.487. The lowest BCUT2D eigenvalue weighted by Crippen LogP contribution is -2.15. The van der Waals surface area contributed by atoms with Crippen molar-refractivity contribution in [1.29, 1.82) is 0 Å². The van der Waals surface area contributed by atoms with Crippen molar-refractivity contribution in [2.45, 2.75) is 18.3 Å². The molecule has 0 aliphatic rings. The van der Waals surface area contributed by atoms with Crippen LogP contribution in [0.3, 0.4) is 0 Å². The maximum Gasteiger partial charge on any atom is 0.433 e. The minimum atomic E-state index is -4.60. The first-order valence-corrected chi connectivity index (χ1v) is 10.6. The van der Waals surface area contributed by atoms with Gasteiger partial charge in [0.25, 0.3) is 0 Å². The van der Waals surface area contributed by atoms with E-state index in [1.807, 2.05) is 19.1 Å². The van der Waals surface area contributed by atoms with Crippen LogP contribution in [0.4, 0.5) is 18.9 Å². The van der Waals surface area contributed by atoms with Crippen molar-refractivity contribution in [3.05, 3.63) is 57.5 Å². The molecule has 0 aliphatic heterocycles. The van der Waals surface area contributed by atoms with Crippen molar-refractivity contribution in [2.24, 2.45) is 0 Å². The van der Waals surface area contributed by atoms with E-state index in [1.54, 1.807) is 23.6 Å². The minimum absolute atomic E-state index is 0.101. The lowest BCUT2D eigenvalue weighted by molar-refractivity contribution is -0.141. The third-order valence-electron chi connectivity index (χ3n) is 3.50. The molecule has 3 rings (SSSR count). The summed E-state index contributed by atoms with van der Waals surface area (Å²) >= 11 is 5.50. The number of carbonyl (C=O) groups excluding carboxylic acids is 1. The van der Waals surface area contributed by atoms with Gasteiger partial charge < -0.3 is 5.32 Å². The third-order valence-corrected chi connectivity index (χ3v) is 5.90. The van der Waals surface area contributed by atoms with Crippen molar-refractivity contribution in [1.82, 2.24) is 9.97 Å². The number of nitrogens with zero attached hydrogens (tertiary/aromatic N) is 2. The number of benzene rings is 1. The highest BCUT2D eigenvalue weighted by Gasteiger charge is 2.34. The van der Waals surface area contributed by atoms with Crippen LogP contribution >= 0.6 is 39.0 Å². The number of thioether (sulfide) groups is 1. The topological polar surface area (TPSA) is 54.9 Å². The van der Waals surface area contributed by atoms with E-state index in [2.05, 4.69) is 31.2 Å². The van der Waals surface area contributed by atoms with E-state index in [-0.39, 0.29) is 22.5 Å². The summed E-state index contributed by atoms with van der Waals surface area (Å²) in [6.07, 6.45) is -4.60. The van der Waals surface area contributed by atoms with Gasteiger partial charge in [-0.05, 0) is 58.1 Å². The van der Waals surface area contributed by atoms with Crippen molar-refractivity contribution in [3.8, 4) is 10.6 Å². The Labute approximate surface area is 175 Å². The highest BCUT2D eigenvalue weighted by Crippen LogP contribution is 2.33. The molecule has 0 fully saturated rings. The fourth-order valence-electron chi connectivity index (χ4n) is 2.22. The first-order chi connectivity index (χ1) is 13.2. The van der Waals surface area contributed by atoms with E-state index < -0.39 is 11.9 Å². The molecule has 0 spiro atoms. The van der Waals surface area contributed by atoms with E-state index in [0.717, 1.165) is 27.9 Å². The number of hydrogen-bond donors (Lipinski definition) is 1. The number of anilines is 1. The molecule has 0 saturated heterocycles. The normalized spacial score (nSPS) is 11.5. The van der Waals surface area contributed by atoms with E-state index in [4.69, 9.17) is 0 Å². The zero-order chi connectivity index (χ0) is 20.3. The number of hydrogen-bond acceptors (Lipinski definition) is 5. The molecule has 0 aliphatic carbocycles. The van der Waals surface area contributed by atoms with E-state index in [0.29, 0.717) is 10.6 Å². The molecule has 1 amide bonds. The molecule has 2 aromatic heterocycles. The van der Waals surface area contributed by atoms with E-state index >= 15 is 0 Å². The summed E-state index contributed by atoms with van der Waals surface area (Å²) in [4.78, 5) is 20.5. The highest BCUT2D eigenvalue weighted by atomic mass is 79.9. The van der Waals surface area contributed by atoms with Crippen LogP contribution < -0.4 is 5.32 Å². The number of rotatable bonds is 5. The van der Waals surface area contributed by atoms with Crippen LogP contribution in [0.15, 0.2) is 51.4 Å². The Morgan fingerprint density at radius 3 is 2.68 bits per heavy atom. The van der Waals surface area contributed by atoms with Gasteiger partial charge >= 0.3 is 6.18 Å². The van der Waals surface area contributed by atoms with Gasteiger partial charge in [0.1, 0.15) is 5.69 Å². The van der Waals surface area contributed by atoms with Crippen LogP contribution in [0.25, 0.3) is 10.6 Å². The molecule has 3 aromatic rings. The molecule has 1 aromatic carbocycles. The molecule has 28 heavy (non-hydrogen) atoms. The fraction of sp³-hybridized carbons (Fsp3) is 0.167. The van der Waals surface area contributed by atoms with Crippen molar-refractivity contribution in [2.75, 3.05) is 11.1 Å². The van der Waals surface area contributed by atoms with Crippen molar-refractivity contribution in [3.63, 3.8) is 0 Å². The average molecular weight is 488 g/mol. The molecule has 2 heterocycles. The summed E-state index contributed by atoms with van der Waals surface area (Å²) in [6, 6.07) is 9.78. The molecule has 0 unspecified atom stereocenters. The zero-order valence-electron chi connectivity index (χ0n) is 14.4. The molecule has 10 heteroatoms. The first kappa shape index (κ1) is 20.8. The number of thiophene rings is 1. The Morgan fingerprint density at radius 1 is 1.25 bits per heavy atom. The van der Waals surface area contributed by atoms with E-state index in [1.165, 1.54) is 11.3 Å². The Morgan fingerprint density at radius 2 is 2.04 bits per heavy atom. The second kappa shape index (κ2) is 8.62. The number of carbonyl (C=O) groups is 1. The predicted octanol–water partition coefficient (Wildman–Crippen LogP) is 6.03. The van der Waals surface area contributed by atoms with Gasteiger partial charge in [-0.25, -0.2) is 9.97 Å². The molecule has 0 saturated carbocycles. The van der Waals surface area contributed by atoms with Gasteiger partial charge in [-0.1, -0.05) is 23.9 Å².